The first-order valence-electron chi connectivity index (χ1n) is 7.79. The van der Waals surface area contributed by atoms with Crippen molar-refractivity contribution in [1.82, 2.24) is 4.90 Å². The van der Waals surface area contributed by atoms with Gasteiger partial charge in [0.1, 0.15) is 0 Å². The number of anilines is 1. The minimum Gasteiger partial charge on any atom is -0.368 e. The second kappa shape index (κ2) is 6.31. The summed E-state index contributed by atoms with van der Waals surface area (Å²) >= 11 is 0. The lowest BCUT2D eigenvalue weighted by atomic mass is 10.0. The van der Waals surface area contributed by atoms with Crippen molar-refractivity contribution in [3.63, 3.8) is 0 Å². The van der Waals surface area contributed by atoms with E-state index in [1.54, 1.807) is 0 Å². The predicted molar refractivity (Wildman–Crippen MR) is 90.0 cm³/mol. The number of nitrogens with zero attached hydrogens (tertiary/aromatic N) is 2. The maximum Gasteiger partial charge on any atom is 0.0396 e. The molecule has 0 aromatic heterocycles. The average molecular weight is 280 g/mol. The van der Waals surface area contributed by atoms with Crippen LogP contribution in [-0.2, 0) is 6.42 Å². The van der Waals surface area contributed by atoms with Crippen molar-refractivity contribution in [1.29, 1.82) is 0 Å². The van der Waals surface area contributed by atoms with Crippen LogP contribution < -0.4 is 4.90 Å². The standard InChI is InChI=1S/C19H24N2/c1-16-8-6-7-11-19(16)21-13-12-20(2)18(15-21)14-17-9-4-3-5-10-17/h3-11,18H,12-15H2,1-2H3. The Balaban J connectivity index is 1.74. The van der Waals surface area contributed by atoms with E-state index in [0.717, 1.165) is 26.1 Å². The molecule has 1 atom stereocenters. The number of aryl methyl sites for hydroxylation is 1. The molecule has 1 fully saturated rings. The molecule has 1 aliphatic rings. The lowest BCUT2D eigenvalue weighted by Crippen LogP contribution is -2.52. The molecule has 0 N–H and O–H groups in total. The van der Waals surface area contributed by atoms with Gasteiger partial charge in [-0.05, 0) is 37.6 Å². The molecule has 1 heterocycles. The van der Waals surface area contributed by atoms with Crippen molar-refractivity contribution in [2.75, 3.05) is 31.6 Å². The average Bonchev–Trinajstić information content (AvgIpc) is 2.51. The van der Waals surface area contributed by atoms with Gasteiger partial charge in [-0.15, -0.1) is 0 Å². The molecule has 0 spiro atoms. The van der Waals surface area contributed by atoms with Gasteiger partial charge in [-0.3, -0.25) is 4.90 Å². The van der Waals surface area contributed by atoms with E-state index in [4.69, 9.17) is 0 Å². The number of likely N-dealkylation sites (N-methyl/N-ethyl adjacent to an activating group) is 1. The minimum atomic E-state index is 0.584. The van der Waals surface area contributed by atoms with Crippen molar-refractivity contribution in [2.45, 2.75) is 19.4 Å². The van der Waals surface area contributed by atoms with Crippen LogP contribution in [0.1, 0.15) is 11.1 Å². The summed E-state index contributed by atoms with van der Waals surface area (Å²) in [7, 11) is 2.25. The normalized spacial score (nSPS) is 19.7. The lowest BCUT2D eigenvalue weighted by Gasteiger charge is -2.41. The first-order chi connectivity index (χ1) is 10.2. The Kier molecular flexibility index (Phi) is 4.26. The van der Waals surface area contributed by atoms with E-state index >= 15 is 0 Å². The van der Waals surface area contributed by atoms with E-state index in [-0.39, 0.29) is 0 Å². The first kappa shape index (κ1) is 14.2. The molecule has 21 heavy (non-hydrogen) atoms. The molecular formula is C19H24N2. The van der Waals surface area contributed by atoms with E-state index < -0.39 is 0 Å². The number of benzene rings is 2. The van der Waals surface area contributed by atoms with Gasteiger partial charge in [0, 0.05) is 31.4 Å². The summed E-state index contributed by atoms with van der Waals surface area (Å²) in [5.41, 5.74) is 4.20. The Morgan fingerprint density at radius 3 is 2.43 bits per heavy atom. The van der Waals surface area contributed by atoms with Gasteiger partial charge >= 0.3 is 0 Å². The highest BCUT2D eigenvalue weighted by Crippen LogP contribution is 2.23. The number of hydrogen-bond donors (Lipinski definition) is 0. The van der Waals surface area contributed by atoms with Gasteiger partial charge in [0.2, 0.25) is 0 Å². The third kappa shape index (κ3) is 3.27. The lowest BCUT2D eigenvalue weighted by molar-refractivity contribution is 0.217. The zero-order valence-corrected chi connectivity index (χ0v) is 13.0. The molecule has 1 unspecified atom stereocenters. The summed E-state index contributed by atoms with van der Waals surface area (Å²) in [6, 6.07) is 20.1. The highest BCUT2D eigenvalue weighted by molar-refractivity contribution is 5.53. The number of piperazine rings is 1. The maximum atomic E-state index is 2.54. The van der Waals surface area contributed by atoms with E-state index in [9.17, 15) is 0 Å². The molecule has 2 aromatic rings. The number of rotatable bonds is 3. The van der Waals surface area contributed by atoms with Crippen molar-refractivity contribution < 1.29 is 0 Å². The van der Waals surface area contributed by atoms with Crippen molar-refractivity contribution >= 4 is 5.69 Å². The van der Waals surface area contributed by atoms with Gasteiger partial charge in [0.05, 0.1) is 0 Å². The van der Waals surface area contributed by atoms with Crippen LogP contribution in [0.2, 0.25) is 0 Å². The van der Waals surface area contributed by atoms with Gasteiger partial charge < -0.3 is 4.90 Å². The SMILES string of the molecule is Cc1ccccc1N1CCN(C)C(Cc2ccccc2)C1. The van der Waals surface area contributed by atoms with Gasteiger partial charge in [-0.2, -0.15) is 0 Å². The molecule has 2 aromatic carbocycles. The van der Waals surface area contributed by atoms with Crippen LogP contribution in [0.15, 0.2) is 54.6 Å². The smallest absolute Gasteiger partial charge is 0.0396 e. The van der Waals surface area contributed by atoms with E-state index in [1.165, 1.54) is 16.8 Å². The topological polar surface area (TPSA) is 6.48 Å². The third-order valence-electron chi connectivity index (χ3n) is 4.55. The maximum absolute atomic E-state index is 2.54. The Bertz CT molecular complexity index is 579. The molecular weight excluding hydrogens is 256 g/mol. The van der Waals surface area contributed by atoms with Crippen LogP contribution in [-0.4, -0.2) is 37.6 Å². The molecule has 110 valence electrons. The molecule has 3 rings (SSSR count). The molecule has 0 aliphatic carbocycles. The fourth-order valence-electron chi connectivity index (χ4n) is 3.19. The van der Waals surface area contributed by atoms with Crippen LogP contribution in [0, 0.1) is 6.92 Å². The highest BCUT2D eigenvalue weighted by Gasteiger charge is 2.25. The Hall–Kier alpha value is -1.80. The molecule has 0 radical (unpaired) electrons. The van der Waals surface area contributed by atoms with E-state index in [1.807, 2.05) is 0 Å². The number of hydrogen-bond acceptors (Lipinski definition) is 2. The highest BCUT2D eigenvalue weighted by atomic mass is 15.3. The Labute approximate surface area is 128 Å². The monoisotopic (exact) mass is 280 g/mol. The fraction of sp³-hybridized carbons (Fsp3) is 0.368. The number of para-hydroxylation sites is 1. The fourth-order valence-corrected chi connectivity index (χ4v) is 3.19. The van der Waals surface area contributed by atoms with Crippen molar-refractivity contribution in [2.24, 2.45) is 0 Å². The summed E-state index contributed by atoms with van der Waals surface area (Å²) in [5.74, 6) is 0. The van der Waals surface area contributed by atoms with E-state index in [2.05, 4.69) is 78.4 Å². The molecule has 2 nitrogen and oxygen atoms in total. The summed E-state index contributed by atoms with van der Waals surface area (Å²) in [5, 5.41) is 0. The van der Waals surface area contributed by atoms with Gasteiger partial charge in [-0.1, -0.05) is 48.5 Å². The predicted octanol–water partition coefficient (Wildman–Crippen LogP) is 3.36. The molecule has 0 saturated carbocycles. The summed E-state index contributed by atoms with van der Waals surface area (Å²) < 4.78 is 0. The zero-order chi connectivity index (χ0) is 14.7. The largest absolute Gasteiger partial charge is 0.368 e. The molecule has 0 amide bonds. The van der Waals surface area contributed by atoms with Crippen molar-refractivity contribution in [3.8, 4) is 0 Å². The summed E-state index contributed by atoms with van der Waals surface area (Å²) in [6.45, 7) is 5.56. The van der Waals surface area contributed by atoms with Crippen molar-refractivity contribution in [3.05, 3.63) is 65.7 Å². The third-order valence-corrected chi connectivity index (χ3v) is 4.55. The van der Waals surface area contributed by atoms with Crippen LogP contribution >= 0.6 is 0 Å². The Morgan fingerprint density at radius 1 is 0.952 bits per heavy atom. The van der Waals surface area contributed by atoms with Gasteiger partial charge in [0.15, 0.2) is 0 Å². The van der Waals surface area contributed by atoms with Crippen LogP contribution in [0.3, 0.4) is 0 Å². The van der Waals surface area contributed by atoms with Gasteiger partial charge in [0.25, 0.3) is 0 Å². The molecule has 1 aliphatic heterocycles. The second-order valence-electron chi connectivity index (χ2n) is 6.06. The summed E-state index contributed by atoms with van der Waals surface area (Å²) in [4.78, 5) is 5.05. The van der Waals surface area contributed by atoms with Crippen LogP contribution in [0.4, 0.5) is 5.69 Å². The molecule has 2 heteroatoms. The van der Waals surface area contributed by atoms with Gasteiger partial charge in [-0.25, -0.2) is 0 Å². The minimum absolute atomic E-state index is 0.584. The first-order valence-corrected chi connectivity index (χ1v) is 7.79. The van der Waals surface area contributed by atoms with Crippen LogP contribution in [0.25, 0.3) is 0 Å². The van der Waals surface area contributed by atoms with E-state index in [0.29, 0.717) is 6.04 Å². The molecule has 1 saturated heterocycles. The zero-order valence-electron chi connectivity index (χ0n) is 13.0. The Morgan fingerprint density at radius 2 is 1.67 bits per heavy atom. The second-order valence-corrected chi connectivity index (χ2v) is 6.06. The molecule has 0 bridgehead atoms. The van der Waals surface area contributed by atoms with Crippen LogP contribution in [0.5, 0.6) is 0 Å². The quantitative estimate of drug-likeness (QED) is 0.850. The summed E-state index contributed by atoms with van der Waals surface area (Å²) in [6.07, 6.45) is 1.12.